The molecule has 1 saturated heterocycles. The van der Waals surface area contributed by atoms with Gasteiger partial charge in [0, 0.05) is 31.5 Å². The first kappa shape index (κ1) is 13.1. The number of hydrogen-bond donors (Lipinski definition) is 0. The van der Waals surface area contributed by atoms with Gasteiger partial charge < -0.3 is 9.64 Å². The highest BCUT2D eigenvalue weighted by atomic mass is 16.6. The number of nitrogens with zero attached hydrogens (tertiary/aromatic N) is 1. The zero-order valence-electron chi connectivity index (χ0n) is 11.4. The number of carbonyl (C=O) groups is 1. The molecule has 98 valence electrons. The minimum atomic E-state index is -0.333. The second-order valence-electron chi connectivity index (χ2n) is 4.73. The number of esters is 1. The molecule has 3 heteroatoms. The van der Waals surface area contributed by atoms with Crippen molar-refractivity contribution in [1.82, 2.24) is 4.90 Å². The van der Waals surface area contributed by atoms with Crippen LogP contribution in [0.15, 0.2) is 24.3 Å². The fourth-order valence-electron chi connectivity index (χ4n) is 2.70. The van der Waals surface area contributed by atoms with E-state index in [0.717, 1.165) is 37.1 Å². The van der Waals surface area contributed by atoms with Crippen LogP contribution in [0.5, 0.6) is 0 Å². The van der Waals surface area contributed by atoms with Gasteiger partial charge in [0.25, 0.3) is 0 Å². The molecule has 0 aromatic heterocycles. The number of ether oxygens (including phenoxy) is 1. The lowest BCUT2D eigenvalue weighted by molar-refractivity contribution is -0.0394. The molecule has 0 unspecified atom stereocenters. The molecule has 0 saturated carbocycles. The van der Waals surface area contributed by atoms with Gasteiger partial charge in [-0.1, -0.05) is 32.0 Å². The molecule has 0 N–H and O–H groups in total. The summed E-state index contributed by atoms with van der Waals surface area (Å²) in [6.07, 6.45) is 1.82. The lowest BCUT2D eigenvalue weighted by Crippen LogP contribution is -2.40. The average molecular weight is 247 g/mol. The van der Waals surface area contributed by atoms with E-state index in [2.05, 4.69) is 11.9 Å². The van der Waals surface area contributed by atoms with E-state index >= 15 is 0 Å². The van der Waals surface area contributed by atoms with Crippen LogP contribution in [0.1, 0.15) is 42.6 Å². The van der Waals surface area contributed by atoms with Crippen molar-refractivity contribution in [3.63, 3.8) is 0 Å². The summed E-state index contributed by atoms with van der Waals surface area (Å²) in [6, 6.07) is 7.78. The number of fused-ring (bicyclic) bond motifs is 2. The Bertz CT molecular complexity index is 434. The van der Waals surface area contributed by atoms with Crippen LogP contribution < -0.4 is 0 Å². The molecule has 1 spiro atoms. The molecule has 0 atom stereocenters. The first-order valence-corrected chi connectivity index (χ1v) is 6.73. The first-order chi connectivity index (χ1) is 8.71. The molecule has 2 heterocycles. The van der Waals surface area contributed by atoms with Crippen LogP contribution in [0.2, 0.25) is 0 Å². The van der Waals surface area contributed by atoms with Gasteiger partial charge in [0.2, 0.25) is 0 Å². The average Bonchev–Trinajstić information content (AvgIpc) is 2.70. The SMILES string of the molecule is CC.CN1CCC2(CC1)OC(=O)c1ccccc12. The van der Waals surface area contributed by atoms with Gasteiger partial charge in [-0.2, -0.15) is 0 Å². The largest absolute Gasteiger partial charge is 0.450 e. The van der Waals surface area contributed by atoms with Crippen LogP contribution in [-0.2, 0) is 10.3 Å². The second kappa shape index (κ2) is 5.11. The topological polar surface area (TPSA) is 29.5 Å². The van der Waals surface area contributed by atoms with Crippen molar-refractivity contribution < 1.29 is 9.53 Å². The smallest absolute Gasteiger partial charge is 0.339 e. The Hall–Kier alpha value is -1.35. The van der Waals surface area contributed by atoms with E-state index in [0.29, 0.717) is 0 Å². The number of carbonyl (C=O) groups excluding carboxylic acids is 1. The Morgan fingerprint density at radius 2 is 1.78 bits per heavy atom. The molecule has 1 aromatic rings. The number of likely N-dealkylation sites (tertiary alicyclic amines) is 1. The molecule has 2 aliphatic rings. The third kappa shape index (κ3) is 2.03. The van der Waals surface area contributed by atoms with Gasteiger partial charge in [-0.25, -0.2) is 4.79 Å². The normalized spacial score (nSPS) is 20.9. The molecule has 0 aliphatic carbocycles. The fourth-order valence-corrected chi connectivity index (χ4v) is 2.70. The Morgan fingerprint density at radius 1 is 1.17 bits per heavy atom. The van der Waals surface area contributed by atoms with Crippen LogP contribution in [0.4, 0.5) is 0 Å². The molecule has 0 amide bonds. The Morgan fingerprint density at radius 3 is 2.44 bits per heavy atom. The Labute approximate surface area is 109 Å². The van der Waals surface area contributed by atoms with E-state index in [4.69, 9.17) is 4.74 Å². The predicted octanol–water partition coefficient (Wildman–Crippen LogP) is 2.80. The Kier molecular flexibility index (Phi) is 3.71. The summed E-state index contributed by atoms with van der Waals surface area (Å²) in [5.74, 6) is -0.153. The highest BCUT2D eigenvalue weighted by Gasteiger charge is 2.46. The standard InChI is InChI=1S/C13H15NO2.C2H6/c1-14-8-6-13(7-9-14)11-5-3-2-4-10(11)12(15)16-13;1-2/h2-5H,6-9H2,1H3;1-2H3. The fraction of sp³-hybridized carbons (Fsp3) is 0.533. The van der Waals surface area contributed by atoms with E-state index in [1.54, 1.807) is 0 Å². The van der Waals surface area contributed by atoms with Crippen molar-refractivity contribution in [2.75, 3.05) is 20.1 Å². The van der Waals surface area contributed by atoms with E-state index in [1.807, 2.05) is 38.1 Å². The summed E-state index contributed by atoms with van der Waals surface area (Å²) >= 11 is 0. The van der Waals surface area contributed by atoms with Crippen molar-refractivity contribution in [1.29, 1.82) is 0 Å². The number of hydrogen-bond acceptors (Lipinski definition) is 3. The summed E-state index contributed by atoms with van der Waals surface area (Å²) in [6.45, 7) is 5.98. The molecule has 2 aliphatic heterocycles. The van der Waals surface area contributed by atoms with Crippen LogP contribution >= 0.6 is 0 Å². The van der Waals surface area contributed by atoms with Crippen molar-refractivity contribution in [3.8, 4) is 0 Å². The van der Waals surface area contributed by atoms with Crippen molar-refractivity contribution in [2.24, 2.45) is 0 Å². The summed E-state index contributed by atoms with van der Waals surface area (Å²) < 4.78 is 5.64. The van der Waals surface area contributed by atoms with E-state index in [1.165, 1.54) is 0 Å². The quantitative estimate of drug-likeness (QED) is 0.660. The molecular weight excluding hydrogens is 226 g/mol. The number of benzene rings is 1. The maximum absolute atomic E-state index is 11.8. The highest BCUT2D eigenvalue weighted by Crippen LogP contribution is 2.43. The Balaban J connectivity index is 0.000000574. The maximum Gasteiger partial charge on any atom is 0.339 e. The summed E-state index contributed by atoms with van der Waals surface area (Å²) in [7, 11) is 2.11. The number of piperidine rings is 1. The molecule has 1 aromatic carbocycles. The molecule has 1 fully saturated rings. The zero-order valence-corrected chi connectivity index (χ0v) is 11.4. The zero-order chi connectivity index (χ0) is 13.2. The monoisotopic (exact) mass is 247 g/mol. The minimum Gasteiger partial charge on any atom is -0.450 e. The highest BCUT2D eigenvalue weighted by molar-refractivity contribution is 5.94. The molecule has 18 heavy (non-hydrogen) atoms. The number of rotatable bonds is 0. The molecule has 0 bridgehead atoms. The van der Waals surface area contributed by atoms with Crippen molar-refractivity contribution >= 4 is 5.97 Å². The first-order valence-electron chi connectivity index (χ1n) is 6.73. The van der Waals surface area contributed by atoms with Gasteiger partial charge in [-0.15, -0.1) is 0 Å². The van der Waals surface area contributed by atoms with Crippen LogP contribution in [0.25, 0.3) is 0 Å². The van der Waals surface area contributed by atoms with Gasteiger partial charge in [-0.3, -0.25) is 0 Å². The molecule has 3 rings (SSSR count). The van der Waals surface area contributed by atoms with Crippen molar-refractivity contribution in [2.45, 2.75) is 32.3 Å². The third-order valence-electron chi connectivity index (χ3n) is 3.72. The summed E-state index contributed by atoms with van der Waals surface area (Å²) in [4.78, 5) is 14.1. The van der Waals surface area contributed by atoms with Gasteiger partial charge >= 0.3 is 5.97 Å². The lowest BCUT2D eigenvalue weighted by Gasteiger charge is -2.36. The van der Waals surface area contributed by atoms with Crippen LogP contribution in [-0.4, -0.2) is 31.0 Å². The van der Waals surface area contributed by atoms with E-state index in [9.17, 15) is 4.79 Å². The van der Waals surface area contributed by atoms with Crippen LogP contribution in [0.3, 0.4) is 0 Å². The summed E-state index contributed by atoms with van der Waals surface area (Å²) in [5.41, 5.74) is 1.51. The van der Waals surface area contributed by atoms with Crippen molar-refractivity contribution in [3.05, 3.63) is 35.4 Å². The molecular formula is C15H21NO2. The maximum atomic E-state index is 11.8. The third-order valence-corrected chi connectivity index (χ3v) is 3.72. The van der Waals surface area contributed by atoms with Gasteiger partial charge in [0.05, 0.1) is 5.56 Å². The lowest BCUT2D eigenvalue weighted by atomic mass is 9.84. The summed E-state index contributed by atoms with van der Waals surface area (Å²) in [5, 5.41) is 0. The van der Waals surface area contributed by atoms with Crippen LogP contribution in [0, 0.1) is 0 Å². The predicted molar refractivity (Wildman–Crippen MR) is 71.6 cm³/mol. The van der Waals surface area contributed by atoms with Gasteiger partial charge in [0.1, 0.15) is 5.60 Å². The van der Waals surface area contributed by atoms with E-state index < -0.39 is 0 Å². The minimum absolute atomic E-state index is 0.153. The molecule has 0 radical (unpaired) electrons. The van der Waals surface area contributed by atoms with Gasteiger partial charge in [0.15, 0.2) is 0 Å². The molecule has 3 nitrogen and oxygen atoms in total. The van der Waals surface area contributed by atoms with Gasteiger partial charge in [-0.05, 0) is 13.1 Å². The second-order valence-corrected chi connectivity index (χ2v) is 4.73. The van der Waals surface area contributed by atoms with E-state index in [-0.39, 0.29) is 11.6 Å².